The number of hydrogen-bond acceptors (Lipinski definition) is 4. The Bertz CT molecular complexity index is 917. The van der Waals surface area contributed by atoms with Gasteiger partial charge in [-0.1, -0.05) is 15.9 Å². The first kappa shape index (κ1) is 13.8. The molecule has 1 saturated heterocycles. The number of imidazole rings is 1. The minimum Gasteiger partial charge on any atom is -0.375 e. The highest BCUT2D eigenvalue weighted by molar-refractivity contribution is 9.10. The fraction of sp³-hybridized carbons (Fsp3) is 0.333. The molecule has 7 heteroatoms. The Morgan fingerprint density at radius 1 is 1.45 bits per heavy atom. The van der Waals surface area contributed by atoms with Crippen LogP contribution in [0.5, 0.6) is 0 Å². The molecule has 3 aromatic rings. The van der Waals surface area contributed by atoms with E-state index in [-0.39, 0.29) is 11.8 Å². The van der Waals surface area contributed by atoms with E-state index in [2.05, 4.69) is 25.9 Å². The minimum atomic E-state index is -0.140. The Morgan fingerprint density at radius 3 is 3.14 bits per heavy atom. The van der Waals surface area contributed by atoms with E-state index in [1.54, 1.807) is 10.9 Å². The number of hydrogen-bond donors (Lipinski definition) is 1. The number of nitrogens with one attached hydrogen (secondary N) is 1. The van der Waals surface area contributed by atoms with Crippen LogP contribution in [0.15, 0.2) is 33.7 Å². The van der Waals surface area contributed by atoms with Crippen LogP contribution >= 0.6 is 15.9 Å². The summed E-state index contributed by atoms with van der Waals surface area (Å²) in [5.74, 6) is 0. The molecule has 6 nitrogen and oxygen atoms in total. The van der Waals surface area contributed by atoms with Gasteiger partial charge in [0.2, 0.25) is 0 Å². The second kappa shape index (κ2) is 5.10. The smallest absolute Gasteiger partial charge is 0.345 e. The number of morpholine rings is 1. The molecule has 4 rings (SSSR count). The lowest BCUT2D eigenvalue weighted by atomic mass is 10.2. The Hall–Kier alpha value is -1.86. The number of fused-ring (bicyclic) bond motifs is 3. The number of nitrogens with zero attached hydrogens (tertiary/aromatic N) is 3. The van der Waals surface area contributed by atoms with Crippen molar-refractivity contribution in [2.75, 3.05) is 24.7 Å². The minimum absolute atomic E-state index is 0.102. The van der Waals surface area contributed by atoms with Gasteiger partial charge >= 0.3 is 5.69 Å². The van der Waals surface area contributed by atoms with Crippen molar-refractivity contribution in [1.82, 2.24) is 14.6 Å². The molecule has 0 bridgehead atoms. The number of pyridine rings is 1. The first-order valence-corrected chi connectivity index (χ1v) is 7.98. The summed E-state index contributed by atoms with van der Waals surface area (Å²) in [6.45, 7) is 4.01. The summed E-state index contributed by atoms with van der Waals surface area (Å²) >= 11 is 3.50. The van der Waals surface area contributed by atoms with Crippen LogP contribution in [0.4, 0.5) is 0 Å². The lowest BCUT2D eigenvalue weighted by Crippen LogP contribution is -2.50. The zero-order valence-corrected chi connectivity index (χ0v) is 13.6. The average molecular weight is 363 g/mol. The fourth-order valence-electron chi connectivity index (χ4n) is 2.99. The van der Waals surface area contributed by atoms with Crippen LogP contribution < -0.4 is 10.7 Å². The maximum absolute atomic E-state index is 12.5. The number of aromatic amines is 1. The lowest BCUT2D eigenvalue weighted by molar-refractivity contribution is 0.0439. The number of benzene rings is 1. The molecule has 1 atom stereocenters. The van der Waals surface area contributed by atoms with E-state index in [9.17, 15) is 4.79 Å². The predicted octanol–water partition coefficient (Wildman–Crippen LogP) is 2.00. The summed E-state index contributed by atoms with van der Waals surface area (Å²) in [5.41, 5.74) is 2.34. The molecule has 1 fully saturated rings. The van der Waals surface area contributed by atoms with Crippen LogP contribution in [0.25, 0.3) is 21.9 Å². The second-order valence-electron chi connectivity index (χ2n) is 5.52. The quantitative estimate of drug-likeness (QED) is 0.719. The maximum atomic E-state index is 12.5. The Kier molecular flexibility index (Phi) is 3.19. The molecule has 3 heterocycles. The summed E-state index contributed by atoms with van der Waals surface area (Å²) < 4.78 is 8.27. The summed E-state index contributed by atoms with van der Waals surface area (Å²) in [6, 6.07) is 5.90. The van der Waals surface area contributed by atoms with E-state index in [4.69, 9.17) is 4.74 Å². The Balaban J connectivity index is 2.02. The number of ether oxygens (including phenoxy) is 1. The standard InChI is InChI=1S/C15H15BrN4O2/c1-9-8-19(4-5-22-9)20-14-11-6-10(16)2-3-12(11)17-7-13(14)18-15(20)21/h2-3,6-7,9H,4-5,8H2,1H3,(H,18,21). The van der Waals surface area contributed by atoms with Gasteiger partial charge in [0, 0.05) is 9.86 Å². The highest BCUT2D eigenvalue weighted by Gasteiger charge is 2.22. The third-order valence-corrected chi connectivity index (χ3v) is 4.44. The largest absolute Gasteiger partial charge is 0.375 e. The van der Waals surface area contributed by atoms with Crippen molar-refractivity contribution in [2.45, 2.75) is 13.0 Å². The van der Waals surface area contributed by atoms with Gasteiger partial charge in [-0.3, -0.25) is 4.98 Å². The second-order valence-corrected chi connectivity index (χ2v) is 6.43. The molecule has 0 radical (unpaired) electrons. The highest BCUT2D eigenvalue weighted by atomic mass is 79.9. The van der Waals surface area contributed by atoms with E-state index in [0.29, 0.717) is 19.7 Å². The van der Waals surface area contributed by atoms with Gasteiger partial charge in [-0.05, 0) is 25.1 Å². The van der Waals surface area contributed by atoms with Crippen molar-refractivity contribution in [3.63, 3.8) is 0 Å². The number of H-pyrrole nitrogens is 1. The predicted molar refractivity (Wildman–Crippen MR) is 88.9 cm³/mol. The molecule has 1 aromatic carbocycles. The van der Waals surface area contributed by atoms with Crippen molar-refractivity contribution in [1.29, 1.82) is 0 Å². The molecule has 0 aliphatic carbocycles. The molecule has 22 heavy (non-hydrogen) atoms. The number of aromatic nitrogens is 3. The summed E-state index contributed by atoms with van der Waals surface area (Å²) in [6.07, 6.45) is 1.82. The SMILES string of the molecule is CC1CN(n2c(=O)[nH]c3cnc4ccc(Br)cc4c32)CCO1. The van der Waals surface area contributed by atoms with Gasteiger partial charge in [0.05, 0.1) is 43.0 Å². The average Bonchev–Trinajstić information content (AvgIpc) is 2.83. The molecular formula is C15H15BrN4O2. The van der Waals surface area contributed by atoms with Crippen molar-refractivity contribution in [3.8, 4) is 0 Å². The van der Waals surface area contributed by atoms with Gasteiger partial charge in [0.15, 0.2) is 0 Å². The molecule has 1 aliphatic rings. The van der Waals surface area contributed by atoms with Crippen LogP contribution in [0, 0.1) is 0 Å². The van der Waals surface area contributed by atoms with Gasteiger partial charge in [0.25, 0.3) is 0 Å². The summed E-state index contributed by atoms with van der Waals surface area (Å²) in [5, 5.41) is 2.99. The van der Waals surface area contributed by atoms with Crippen LogP contribution in [0.1, 0.15) is 6.92 Å². The van der Waals surface area contributed by atoms with E-state index >= 15 is 0 Å². The fourth-order valence-corrected chi connectivity index (χ4v) is 3.35. The third-order valence-electron chi connectivity index (χ3n) is 3.95. The van der Waals surface area contributed by atoms with Crippen LogP contribution in [0.2, 0.25) is 0 Å². The molecule has 0 spiro atoms. The van der Waals surface area contributed by atoms with Crippen molar-refractivity contribution < 1.29 is 4.74 Å². The van der Waals surface area contributed by atoms with Gasteiger partial charge < -0.3 is 14.7 Å². The van der Waals surface area contributed by atoms with Crippen LogP contribution in [-0.2, 0) is 4.74 Å². The Labute approximate surface area is 134 Å². The zero-order valence-electron chi connectivity index (χ0n) is 12.0. The molecule has 1 N–H and O–H groups in total. The lowest BCUT2D eigenvalue weighted by Gasteiger charge is -2.33. The summed E-state index contributed by atoms with van der Waals surface area (Å²) in [7, 11) is 0. The molecule has 2 aromatic heterocycles. The topological polar surface area (TPSA) is 63.2 Å². The van der Waals surface area contributed by atoms with E-state index in [0.717, 1.165) is 26.4 Å². The summed E-state index contributed by atoms with van der Waals surface area (Å²) in [4.78, 5) is 19.8. The molecular weight excluding hydrogens is 348 g/mol. The van der Waals surface area contributed by atoms with Crippen molar-refractivity contribution in [2.24, 2.45) is 0 Å². The Morgan fingerprint density at radius 2 is 2.32 bits per heavy atom. The van der Waals surface area contributed by atoms with Crippen LogP contribution in [0.3, 0.4) is 0 Å². The number of halogens is 1. The van der Waals surface area contributed by atoms with Gasteiger partial charge in [0.1, 0.15) is 5.52 Å². The molecule has 114 valence electrons. The van der Waals surface area contributed by atoms with E-state index in [1.807, 2.05) is 30.1 Å². The monoisotopic (exact) mass is 362 g/mol. The van der Waals surface area contributed by atoms with Gasteiger partial charge in [-0.2, -0.15) is 0 Å². The van der Waals surface area contributed by atoms with E-state index in [1.165, 1.54) is 0 Å². The van der Waals surface area contributed by atoms with Gasteiger partial charge in [-0.15, -0.1) is 0 Å². The third kappa shape index (κ3) is 2.12. The maximum Gasteiger partial charge on any atom is 0.345 e. The number of rotatable bonds is 1. The molecule has 1 aliphatic heterocycles. The first-order valence-electron chi connectivity index (χ1n) is 7.19. The van der Waals surface area contributed by atoms with Crippen molar-refractivity contribution in [3.05, 3.63) is 39.4 Å². The van der Waals surface area contributed by atoms with Crippen molar-refractivity contribution >= 4 is 37.9 Å². The normalized spacial score (nSPS) is 19.2. The van der Waals surface area contributed by atoms with Crippen LogP contribution in [-0.4, -0.2) is 40.4 Å². The molecule has 0 saturated carbocycles. The van der Waals surface area contributed by atoms with E-state index < -0.39 is 0 Å². The zero-order chi connectivity index (χ0) is 15.3. The molecule has 0 amide bonds. The first-order chi connectivity index (χ1) is 10.6. The molecule has 1 unspecified atom stereocenters. The van der Waals surface area contributed by atoms with Gasteiger partial charge in [-0.25, -0.2) is 9.47 Å². The highest BCUT2D eigenvalue weighted by Crippen LogP contribution is 2.25.